The zero-order chi connectivity index (χ0) is 64.3. The Bertz CT molecular complexity index is 4140. The van der Waals surface area contributed by atoms with E-state index in [1.807, 2.05) is 162 Å². The van der Waals surface area contributed by atoms with Crippen LogP contribution in [0.2, 0.25) is 0 Å². The largest absolute Gasteiger partial charge is 0.444 e. The molecule has 21 nitrogen and oxygen atoms in total. The second-order valence-corrected chi connectivity index (χ2v) is 24.4. The molecule has 1 fully saturated rings. The van der Waals surface area contributed by atoms with Gasteiger partial charge in [0.1, 0.15) is 39.8 Å². The lowest BCUT2D eigenvalue weighted by atomic mass is 9.97. The molecular formula is C70H84N16O5. The smallest absolute Gasteiger partial charge is 0.410 e. The fourth-order valence-electron chi connectivity index (χ4n) is 11.0. The molecule has 21 heteroatoms. The third kappa shape index (κ3) is 15.3. The van der Waals surface area contributed by atoms with Crippen LogP contribution >= 0.6 is 0 Å². The Morgan fingerprint density at radius 1 is 0.670 bits per heavy atom. The standard InChI is InChI=1S/C40H50N8O4.C30H34N8O/c1-8-47(39(50)52-40(3,4)5)25-29-23-41-24-31(26(29)2)28-17-18-32-30(22-28)35(45-48(32)33-16-12-13-21-51-33)37-43-34(27-14-10-9-11-15-27)36(44-37)38(49)42-19-20-46(6)7;1-5-31-16-22-17-32-18-24(19(22)2)21-11-12-25-23(15-21)27(37-36-25)29-34-26(20-9-7-6-8-10-20)28(35-29)30(39)33-13-14-38(3)4/h9-11,14-15,17-18,22-24,33H,8,12-13,16,19-21,25H2,1-7H3,(H,42,49)(H,43,44);6-12,15,17-18,31H,5,13-14,16H2,1-4H3,(H,33,39)(H,34,35)(H,36,37). The molecule has 0 saturated carbocycles. The molecule has 0 bridgehead atoms. The number of aromatic amines is 3. The number of pyridine rings is 2. The molecule has 6 N–H and O–H groups in total. The minimum absolute atomic E-state index is 0.200. The van der Waals surface area contributed by atoms with Gasteiger partial charge >= 0.3 is 6.09 Å². The van der Waals surface area contributed by atoms with Crippen LogP contribution in [-0.4, -0.2) is 162 Å². The third-order valence-corrected chi connectivity index (χ3v) is 16.0. The fraction of sp³-hybridized carbons (Fsp3) is 0.357. The lowest BCUT2D eigenvalue weighted by Crippen LogP contribution is -2.36. The molecule has 6 aromatic heterocycles. The van der Waals surface area contributed by atoms with Crippen molar-refractivity contribution in [2.24, 2.45) is 0 Å². The summed E-state index contributed by atoms with van der Waals surface area (Å²) >= 11 is 0. The van der Waals surface area contributed by atoms with E-state index >= 15 is 0 Å². The highest BCUT2D eigenvalue weighted by atomic mass is 16.6. The predicted octanol–water partition coefficient (Wildman–Crippen LogP) is 11.6. The molecule has 1 aliphatic heterocycles. The van der Waals surface area contributed by atoms with Crippen molar-refractivity contribution in [2.75, 3.05) is 74.1 Å². The van der Waals surface area contributed by atoms with Crippen molar-refractivity contribution in [3.05, 3.63) is 155 Å². The molecule has 4 aromatic carbocycles. The van der Waals surface area contributed by atoms with Crippen LogP contribution in [0.3, 0.4) is 0 Å². The average molecular weight is 1230 g/mol. The lowest BCUT2D eigenvalue weighted by Gasteiger charge is -2.27. The topological polar surface area (TPSA) is 245 Å². The van der Waals surface area contributed by atoms with Crippen molar-refractivity contribution in [3.63, 3.8) is 0 Å². The van der Waals surface area contributed by atoms with Crippen LogP contribution in [0.15, 0.2) is 122 Å². The number of hydrogen-bond donors (Lipinski definition) is 6. The molecule has 474 valence electrons. The quantitative estimate of drug-likeness (QED) is 0.0392. The van der Waals surface area contributed by atoms with Crippen molar-refractivity contribution >= 4 is 39.7 Å². The van der Waals surface area contributed by atoms with Gasteiger partial charge in [-0.1, -0.05) is 79.7 Å². The number of likely N-dealkylation sites (N-methyl/N-ethyl adjacent to an activating group) is 2. The summed E-state index contributed by atoms with van der Waals surface area (Å²) in [6.45, 7) is 19.5. The number of carbonyl (C=O) groups is 3. The Labute approximate surface area is 531 Å². The molecule has 0 spiro atoms. The molecule has 1 saturated heterocycles. The number of aromatic nitrogens is 10. The Kier molecular flexibility index (Phi) is 20.6. The van der Waals surface area contributed by atoms with Crippen molar-refractivity contribution in [1.82, 2.24) is 80.5 Å². The van der Waals surface area contributed by atoms with Gasteiger partial charge in [0, 0.05) is 104 Å². The van der Waals surface area contributed by atoms with Gasteiger partial charge in [-0.25, -0.2) is 19.4 Å². The number of benzene rings is 4. The van der Waals surface area contributed by atoms with E-state index in [9.17, 15) is 14.4 Å². The van der Waals surface area contributed by atoms with E-state index < -0.39 is 5.60 Å². The van der Waals surface area contributed by atoms with Gasteiger partial charge in [-0.2, -0.15) is 10.2 Å². The molecule has 91 heavy (non-hydrogen) atoms. The first-order valence-electron chi connectivity index (χ1n) is 31.2. The van der Waals surface area contributed by atoms with Crippen molar-refractivity contribution in [1.29, 1.82) is 0 Å². The van der Waals surface area contributed by atoms with Gasteiger partial charge in [-0.3, -0.25) is 24.7 Å². The number of amides is 3. The number of rotatable bonds is 21. The van der Waals surface area contributed by atoms with E-state index in [-0.39, 0.29) is 24.1 Å². The first kappa shape index (κ1) is 64.6. The van der Waals surface area contributed by atoms with E-state index in [0.717, 1.165) is 105 Å². The van der Waals surface area contributed by atoms with Crippen LogP contribution in [0.5, 0.6) is 0 Å². The molecule has 0 aliphatic carbocycles. The maximum Gasteiger partial charge on any atom is 0.410 e. The van der Waals surface area contributed by atoms with E-state index in [4.69, 9.17) is 24.5 Å². The van der Waals surface area contributed by atoms with Crippen LogP contribution in [0.25, 0.3) is 89.6 Å². The highest BCUT2D eigenvalue weighted by Gasteiger charge is 2.28. The Hall–Kier alpha value is -9.41. The van der Waals surface area contributed by atoms with Crippen LogP contribution in [0.4, 0.5) is 4.79 Å². The number of H-pyrrole nitrogens is 3. The third-order valence-electron chi connectivity index (χ3n) is 16.0. The number of carbonyl (C=O) groups excluding carboxylic acids is 3. The van der Waals surface area contributed by atoms with Gasteiger partial charge < -0.3 is 50.1 Å². The number of imidazole rings is 2. The maximum absolute atomic E-state index is 13.6. The molecule has 1 aliphatic rings. The fourth-order valence-corrected chi connectivity index (χ4v) is 11.0. The molecule has 0 radical (unpaired) electrons. The van der Waals surface area contributed by atoms with Gasteiger partial charge in [0.2, 0.25) is 0 Å². The summed E-state index contributed by atoms with van der Waals surface area (Å²) in [4.78, 5) is 71.2. The van der Waals surface area contributed by atoms with Crippen LogP contribution < -0.4 is 16.0 Å². The number of nitrogens with zero attached hydrogens (tertiary/aromatic N) is 10. The molecule has 7 heterocycles. The highest BCUT2D eigenvalue weighted by Crippen LogP contribution is 2.38. The summed E-state index contributed by atoms with van der Waals surface area (Å²) in [5.74, 6) is 0.596. The Morgan fingerprint density at radius 2 is 1.23 bits per heavy atom. The van der Waals surface area contributed by atoms with Gasteiger partial charge in [0.05, 0.1) is 17.6 Å². The first-order valence-corrected chi connectivity index (χ1v) is 31.2. The summed E-state index contributed by atoms with van der Waals surface area (Å²) in [6.07, 6.45) is 9.83. The summed E-state index contributed by atoms with van der Waals surface area (Å²) in [5, 5.41) is 24.1. The van der Waals surface area contributed by atoms with Crippen molar-refractivity contribution in [3.8, 4) is 67.8 Å². The summed E-state index contributed by atoms with van der Waals surface area (Å²) in [7, 11) is 7.89. The van der Waals surface area contributed by atoms with Crippen LogP contribution in [0, 0.1) is 13.8 Å². The second-order valence-electron chi connectivity index (χ2n) is 24.4. The predicted molar refractivity (Wildman–Crippen MR) is 358 cm³/mol. The van der Waals surface area contributed by atoms with E-state index in [1.54, 1.807) is 4.90 Å². The average Bonchev–Trinajstić information content (AvgIpc) is 1.63. The first-order chi connectivity index (χ1) is 43.9. The lowest BCUT2D eigenvalue weighted by molar-refractivity contribution is -0.0365. The molecule has 3 amide bonds. The Balaban J connectivity index is 0.000000208. The monoisotopic (exact) mass is 1230 g/mol. The highest BCUT2D eigenvalue weighted by molar-refractivity contribution is 6.02. The number of ether oxygens (including phenoxy) is 2. The maximum atomic E-state index is 13.6. The Morgan fingerprint density at radius 3 is 1.78 bits per heavy atom. The van der Waals surface area contributed by atoms with Crippen molar-refractivity contribution < 1.29 is 23.9 Å². The van der Waals surface area contributed by atoms with E-state index in [1.165, 1.54) is 11.1 Å². The summed E-state index contributed by atoms with van der Waals surface area (Å²) in [5.41, 5.74) is 14.4. The SMILES string of the molecule is CCN(Cc1cncc(-c2ccc3c(c2)c(-c2nc(-c4ccccc4)c(C(=O)NCCN(C)C)[nH]2)nn3C2CCCCO2)c1C)C(=O)OC(C)(C)C.CCNCc1cncc(-c2ccc3[nH]nc(-c4nc(-c5ccccc5)c(C(=O)NCCN(C)C)[nH]4)c3c2)c1C. The van der Waals surface area contributed by atoms with E-state index in [2.05, 4.69) is 97.2 Å². The molecule has 1 unspecified atom stereocenters. The molecular weight excluding hydrogens is 1140 g/mol. The minimum atomic E-state index is -0.591. The number of nitrogens with one attached hydrogen (secondary N) is 6. The van der Waals surface area contributed by atoms with Gasteiger partial charge in [-0.05, 0) is 153 Å². The molecule has 11 rings (SSSR count). The zero-order valence-electron chi connectivity index (χ0n) is 54.1. The summed E-state index contributed by atoms with van der Waals surface area (Å²) < 4.78 is 13.8. The van der Waals surface area contributed by atoms with Crippen LogP contribution in [-0.2, 0) is 22.6 Å². The van der Waals surface area contributed by atoms with Gasteiger partial charge in [-0.15, -0.1) is 0 Å². The van der Waals surface area contributed by atoms with E-state index in [0.29, 0.717) is 85.1 Å². The minimum Gasteiger partial charge on any atom is -0.444 e. The van der Waals surface area contributed by atoms with Crippen LogP contribution in [0.1, 0.15) is 103 Å². The second kappa shape index (κ2) is 29.0. The zero-order valence-corrected chi connectivity index (χ0v) is 54.1. The number of hydrogen-bond acceptors (Lipinski definition) is 14. The van der Waals surface area contributed by atoms with Gasteiger partial charge in [0.15, 0.2) is 17.9 Å². The summed E-state index contributed by atoms with van der Waals surface area (Å²) in [6, 6.07) is 31.9. The molecule has 10 aromatic rings. The molecule has 1 atom stereocenters. The van der Waals surface area contributed by atoms with Crippen molar-refractivity contribution in [2.45, 2.75) is 92.6 Å². The normalized spacial score (nSPS) is 13.4. The number of fused-ring (bicyclic) bond motifs is 2. The van der Waals surface area contributed by atoms with Gasteiger partial charge in [0.25, 0.3) is 11.8 Å².